The largest absolute Gasteiger partial charge is 0.279 e. The van der Waals surface area contributed by atoms with Gasteiger partial charge in [-0.2, -0.15) is 5.10 Å². The van der Waals surface area contributed by atoms with Crippen molar-refractivity contribution in [1.29, 1.82) is 0 Å². The molecule has 26 heavy (non-hydrogen) atoms. The van der Waals surface area contributed by atoms with Gasteiger partial charge in [0.2, 0.25) is 0 Å². The summed E-state index contributed by atoms with van der Waals surface area (Å²) in [4.78, 5) is 5.29. The zero-order valence-electron chi connectivity index (χ0n) is 14.8. The molecule has 1 atom stereocenters. The smallest absolute Gasteiger partial charge is 0.264 e. The van der Waals surface area contributed by atoms with Gasteiger partial charge in [0, 0.05) is 10.6 Å². The fourth-order valence-corrected chi connectivity index (χ4v) is 5.22. The number of H-pyrrole nitrogens is 1. The molecule has 140 valence electrons. The Kier molecular flexibility index (Phi) is 5.27. The fraction of sp³-hybridized carbons (Fsp3) is 0.353. The predicted molar refractivity (Wildman–Crippen MR) is 99.5 cm³/mol. The monoisotopic (exact) mass is 396 g/mol. The molecule has 0 fully saturated rings. The lowest BCUT2D eigenvalue weighted by Crippen LogP contribution is -2.39. The molecule has 7 nitrogen and oxygen atoms in total. The standard InChI is InChI=1S/C17H21ClN4O3S/c1-4-14-13-10-19-20-16(13)17(21-25-3)15(5-2)22(14)26(23,24)12-8-6-11(18)7-9-12/h6-10,14,21H,4-5H2,1-3H3,(H,19,20). The third kappa shape index (κ3) is 2.98. The average Bonchev–Trinajstić information content (AvgIpc) is 3.11. The molecule has 9 heteroatoms. The van der Waals surface area contributed by atoms with E-state index in [1.807, 2.05) is 13.8 Å². The Balaban J connectivity index is 2.23. The second kappa shape index (κ2) is 7.30. The van der Waals surface area contributed by atoms with Gasteiger partial charge in [-0.05, 0) is 37.1 Å². The number of nitrogens with zero attached hydrogens (tertiary/aromatic N) is 2. The van der Waals surface area contributed by atoms with Crippen molar-refractivity contribution in [3.05, 3.63) is 52.4 Å². The number of benzene rings is 1. The van der Waals surface area contributed by atoms with Crippen molar-refractivity contribution >= 4 is 27.3 Å². The molecule has 1 unspecified atom stereocenters. The van der Waals surface area contributed by atoms with Crippen LogP contribution in [0.3, 0.4) is 0 Å². The van der Waals surface area contributed by atoms with E-state index < -0.39 is 10.0 Å². The van der Waals surface area contributed by atoms with Crippen molar-refractivity contribution in [3.8, 4) is 0 Å². The summed E-state index contributed by atoms with van der Waals surface area (Å²) in [5.41, 5.74) is 5.56. The van der Waals surface area contributed by atoms with E-state index >= 15 is 0 Å². The maximum atomic E-state index is 13.5. The molecule has 2 N–H and O–H groups in total. The van der Waals surface area contributed by atoms with Crippen LogP contribution in [0.15, 0.2) is 41.1 Å². The van der Waals surface area contributed by atoms with Crippen LogP contribution in [0.1, 0.15) is 44.0 Å². The van der Waals surface area contributed by atoms with Gasteiger partial charge in [0.1, 0.15) is 5.70 Å². The van der Waals surface area contributed by atoms with E-state index in [1.54, 1.807) is 18.3 Å². The molecule has 1 aromatic carbocycles. The number of hydroxylamine groups is 1. The van der Waals surface area contributed by atoms with Crippen molar-refractivity contribution < 1.29 is 13.3 Å². The number of fused-ring (bicyclic) bond motifs is 1. The lowest BCUT2D eigenvalue weighted by atomic mass is 9.97. The first-order chi connectivity index (χ1) is 12.5. The van der Waals surface area contributed by atoms with E-state index in [2.05, 4.69) is 15.7 Å². The van der Waals surface area contributed by atoms with Crippen molar-refractivity contribution in [2.24, 2.45) is 0 Å². The van der Waals surface area contributed by atoms with E-state index in [0.29, 0.717) is 29.3 Å². The van der Waals surface area contributed by atoms with Crippen molar-refractivity contribution in [3.63, 3.8) is 0 Å². The zero-order valence-corrected chi connectivity index (χ0v) is 16.4. The second-order valence-corrected chi connectivity index (χ2v) is 8.11. The summed E-state index contributed by atoms with van der Waals surface area (Å²) < 4.78 is 28.4. The topological polar surface area (TPSA) is 87.3 Å². The Labute approximate surface area is 158 Å². The summed E-state index contributed by atoms with van der Waals surface area (Å²) in [5, 5.41) is 7.55. The summed E-state index contributed by atoms with van der Waals surface area (Å²) in [7, 11) is -2.31. The minimum atomic E-state index is -3.79. The number of aromatic nitrogens is 2. The van der Waals surface area contributed by atoms with Gasteiger partial charge in [-0.15, -0.1) is 0 Å². The van der Waals surface area contributed by atoms with Crippen LogP contribution < -0.4 is 5.48 Å². The summed E-state index contributed by atoms with van der Waals surface area (Å²) >= 11 is 5.92. The van der Waals surface area contributed by atoms with Crippen molar-refractivity contribution in [2.45, 2.75) is 37.6 Å². The molecular formula is C17H21ClN4O3S. The number of rotatable bonds is 6. The van der Waals surface area contributed by atoms with E-state index in [4.69, 9.17) is 16.4 Å². The third-order valence-electron chi connectivity index (χ3n) is 4.41. The molecule has 1 aromatic heterocycles. The first-order valence-corrected chi connectivity index (χ1v) is 10.1. The first kappa shape index (κ1) is 18.8. The number of hydrogen-bond acceptors (Lipinski definition) is 5. The second-order valence-electron chi connectivity index (χ2n) is 5.86. The SMILES string of the molecule is CCC1=C(NOC)c2[nH]ncc2C(CC)N1S(=O)(=O)c1ccc(Cl)cc1. The van der Waals surface area contributed by atoms with Gasteiger partial charge in [0.15, 0.2) is 0 Å². The highest BCUT2D eigenvalue weighted by atomic mass is 35.5. The molecule has 1 aliphatic rings. The maximum absolute atomic E-state index is 13.5. The summed E-state index contributed by atoms with van der Waals surface area (Å²) in [6, 6.07) is 5.83. The lowest BCUT2D eigenvalue weighted by Gasteiger charge is -2.38. The molecule has 3 rings (SSSR count). The molecule has 0 saturated heterocycles. The number of hydrogen-bond donors (Lipinski definition) is 2. The van der Waals surface area contributed by atoms with Crippen LogP contribution in [0.25, 0.3) is 5.70 Å². The number of sulfonamides is 1. The van der Waals surface area contributed by atoms with E-state index in [9.17, 15) is 8.42 Å². The molecule has 0 bridgehead atoms. The van der Waals surface area contributed by atoms with Gasteiger partial charge in [0.25, 0.3) is 10.0 Å². The van der Waals surface area contributed by atoms with E-state index in [0.717, 1.165) is 11.3 Å². The zero-order chi connectivity index (χ0) is 18.9. The highest BCUT2D eigenvalue weighted by molar-refractivity contribution is 7.89. The molecule has 2 heterocycles. The van der Waals surface area contributed by atoms with Gasteiger partial charge in [-0.3, -0.25) is 19.7 Å². The predicted octanol–water partition coefficient (Wildman–Crippen LogP) is 3.45. The Morgan fingerprint density at radius 3 is 2.58 bits per heavy atom. The van der Waals surface area contributed by atoms with Gasteiger partial charge < -0.3 is 0 Å². The number of halogens is 1. The summed E-state index contributed by atoms with van der Waals surface area (Å²) in [5.74, 6) is 0. The van der Waals surface area contributed by atoms with Gasteiger partial charge >= 0.3 is 0 Å². The van der Waals surface area contributed by atoms with Crippen LogP contribution in [-0.4, -0.2) is 30.0 Å². The molecule has 2 aromatic rings. The lowest BCUT2D eigenvalue weighted by molar-refractivity contribution is 0.133. The highest BCUT2D eigenvalue weighted by Gasteiger charge is 2.40. The van der Waals surface area contributed by atoms with Gasteiger partial charge in [0.05, 0.1) is 35.6 Å². The fourth-order valence-electron chi connectivity index (χ4n) is 3.28. The highest BCUT2D eigenvalue weighted by Crippen LogP contribution is 2.43. The van der Waals surface area contributed by atoms with Crippen LogP contribution in [-0.2, 0) is 14.9 Å². The molecule has 0 amide bonds. The Bertz CT molecular complexity index is 922. The van der Waals surface area contributed by atoms with Gasteiger partial charge in [-0.1, -0.05) is 25.4 Å². The maximum Gasteiger partial charge on any atom is 0.264 e. The van der Waals surface area contributed by atoms with E-state index in [-0.39, 0.29) is 10.9 Å². The Morgan fingerprint density at radius 2 is 2.00 bits per heavy atom. The molecule has 0 saturated carbocycles. The van der Waals surface area contributed by atoms with Crippen LogP contribution in [0.2, 0.25) is 5.02 Å². The van der Waals surface area contributed by atoms with Crippen molar-refractivity contribution in [2.75, 3.05) is 7.11 Å². The average molecular weight is 397 g/mol. The Morgan fingerprint density at radius 1 is 1.31 bits per heavy atom. The van der Waals surface area contributed by atoms with Crippen LogP contribution in [0, 0.1) is 0 Å². The Hall–Kier alpha value is -2.03. The normalized spacial score (nSPS) is 17.4. The summed E-state index contributed by atoms with van der Waals surface area (Å²) in [6.45, 7) is 3.86. The van der Waals surface area contributed by atoms with Gasteiger partial charge in [-0.25, -0.2) is 8.42 Å². The molecule has 0 aliphatic carbocycles. The quantitative estimate of drug-likeness (QED) is 0.730. The number of aromatic amines is 1. The molecular weight excluding hydrogens is 376 g/mol. The minimum Gasteiger partial charge on any atom is -0.279 e. The molecule has 0 radical (unpaired) electrons. The summed E-state index contributed by atoms with van der Waals surface area (Å²) in [6.07, 6.45) is 2.76. The van der Waals surface area contributed by atoms with Crippen LogP contribution >= 0.6 is 11.6 Å². The third-order valence-corrected chi connectivity index (χ3v) is 6.52. The minimum absolute atomic E-state index is 0.190. The van der Waals surface area contributed by atoms with Crippen LogP contribution in [0.4, 0.5) is 0 Å². The van der Waals surface area contributed by atoms with Crippen molar-refractivity contribution in [1.82, 2.24) is 20.0 Å². The number of nitrogens with one attached hydrogen (secondary N) is 2. The van der Waals surface area contributed by atoms with Crippen LogP contribution in [0.5, 0.6) is 0 Å². The molecule has 1 aliphatic heterocycles. The first-order valence-electron chi connectivity index (χ1n) is 8.31. The number of allylic oxidation sites excluding steroid dienone is 1. The van der Waals surface area contributed by atoms with E-state index in [1.165, 1.54) is 23.5 Å². The molecule has 0 spiro atoms.